The van der Waals surface area contributed by atoms with Gasteiger partial charge >= 0.3 is 0 Å². The molecule has 1 unspecified atom stereocenters. The third kappa shape index (κ3) is 4.96. The Morgan fingerprint density at radius 1 is 1.13 bits per heavy atom. The fourth-order valence-corrected chi connectivity index (χ4v) is 3.48. The van der Waals surface area contributed by atoms with Crippen LogP contribution in [0.5, 0.6) is 11.5 Å². The van der Waals surface area contributed by atoms with Crippen LogP contribution in [0.2, 0.25) is 0 Å². The van der Waals surface area contributed by atoms with Crippen LogP contribution >= 0.6 is 0 Å². The number of carbonyl (C=O) groups is 3. The predicted molar refractivity (Wildman–Crippen MR) is 118 cm³/mol. The lowest BCUT2D eigenvalue weighted by Crippen LogP contribution is -2.30. The summed E-state index contributed by atoms with van der Waals surface area (Å²) in [6.45, 7) is 2.74. The van der Waals surface area contributed by atoms with Gasteiger partial charge in [0.2, 0.25) is 11.8 Å². The molecule has 0 aromatic heterocycles. The first-order valence-electron chi connectivity index (χ1n) is 10.2. The summed E-state index contributed by atoms with van der Waals surface area (Å²) in [7, 11) is 3.07. The van der Waals surface area contributed by atoms with E-state index in [0.29, 0.717) is 35.0 Å². The van der Waals surface area contributed by atoms with Crippen molar-refractivity contribution in [3.05, 3.63) is 48.0 Å². The van der Waals surface area contributed by atoms with E-state index in [0.717, 1.165) is 6.42 Å². The van der Waals surface area contributed by atoms with Gasteiger partial charge in [-0.15, -0.1) is 0 Å². The molecule has 1 saturated heterocycles. The highest BCUT2D eigenvalue weighted by Gasteiger charge is 2.36. The zero-order valence-corrected chi connectivity index (χ0v) is 17.9. The molecule has 1 aliphatic heterocycles. The summed E-state index contributed by atoms with van der Waals surface area (Å²) in [6, 6.07) is 12.0. The molecule has 8 nitrogen and oxygen atoms in total. The molecule has 3 amide bonds. The van der Waals surface area contributed by atoms with E-state index in [1.165, 1.54) is 7.11 Å². The van der Waals surface area contributed by atoms with Gasteiger partial charge in [0.25, 0.3) is 5.91 Å². The molecule has 31 heavy (non-hydrogen) atoms. The molecule has 1 aliphatic rings. The topological polar surface area (TPSA) is 97.0 Å². The maximum absolute atomic E-state index is 12.9. The SMILES string of the molecule is CCCNC(=O)c1ccccc1NC(=O)C1CC(=O)N(c2ccc(OC)cc2OC)C1. The van der Waals surface area contributed by atoms with Crippen molar-refractivity contribution >= 4 is 29.1 Å². The molecule has 2 aromatic rings. The molecule has 0 spiro atoms. The van der Waals surface area contributed by atoms with Gasteiger partial charge in [0.15, 0.2) is 0 Å². The van der Waals surface area contributed by atoms with Crippen molar-refractivity contribution < 1.29 is 23.9 Å². The first-order valence-corrected chi connectivity index (χ1v) is 10.2. The summed E-state index contributed by atoms with van der Waals surface area (Å²) in [5.74, 6) is -0.168. The Kier molecular flexibility index (Phi) is 7.12. The van der Waals surface area contributed by atoms with Crippen LogP contribution in [-0.4, -0.2) is 45.0 Å². The summed E-state index contributed by atoms with van der Waals surface area (Å²) < 4.78 is 10.6. The highest BCUT2D eigenvalue weighted by atomic mass is 16.5. The number of nitrogens with one attached hydrogen (secondary N) is 2. The predicted octanol–water partition coefficient (Wildman–Crippen LogP) is 2.84. The molecule has 1 heterocycles. The minimum absolute atomic E-state index is 0.0746. The molecule has 0 radical (unpaired) electrons. The Hall–Kier alpha value is -3.55. The number of carbonyl (C=O) groups excluding carboxylic acids is 3. The van der Waals surface area contributed by atoms with E-state index in [1.54, 1.807) is 54.5 Å². The number of amides is 3. The maximum atomic E-state index is 12.9. The van der Waals surface area contributed by atoms with Crippen LogP contribution in [-0.2, 0) is 9.59 Å². The molecule has 8 heteroatoms. The first-order chi connectivity index (χ1) is 15.0. The number of hydrogen-bond donors (Lipinski definition) is 2. The van der Waals surface area contributed by atoms with Gasteiger partial charge in [-0.05, 0) is 30.7 Å². The van der Waals surface area contributed by atoms with Crippen molar-refractivity contribution in [1.82, 2.24) is 5.32 Å². The fourth-order valence-electron chi connectivity index (χ4n) is 3.48. The third-order valence-corrected chi connectivity index (χ3v) is 5.14. The molecule has 0 saturated carbocycles. The van der Waals surface area contributed by atoms with Crippen LogP contribution in [0.3, 0.4) is 0 Å². The maximum Gasteiger partial charge on any atom is 0.253 e. The minimum atomic E-state index is -0.550. The average molecular weight is 425 g/mol. The first kappa shape index (κ1) is 22.1. The Morgan fingerprint density at radius 2 is 1.90 bits per heavy atom. The average Bonchev–Trinajstić information content (AvgIpc) is 3.18. The van der Waals surface area contributed by atoms with E-state index in [4.69, 9.17) is 9.47 Å². The minimum Gasteiger partial charge on any atom is -0.497 e. The summed E-state index contributed by atoms with van der Waals surface area (Å²) in [5.41, 5.74) is 1.40. The number of ether oxygens (including phenoxy) is 2. The second kappa shape index (κ2) is 9.97. The van der Waals surface area contributed by atoms with Gasteiger partial charge < -0.3 is 25.0 Å². The van der Waals surface area contributed by atoms with E-state index in [2.05, 4.69) is 10.6 Å². The summed E-state index contributed by atoms with van der Waals surface area (Å²) >= 11 is 0. The number of benzene rings is 2. The van der Waals surface area contributed by atoms with Crippen LogP contribution < -0.4 is 25.0 Å². The van der Waals surface area contributed by atoms with E-state index in [9.17, 15) is 14.4 Å². The van der Waals surface area contributed by atoms with Crippen molar-refractivity contribution in [2.45, 2.75) is 19.8 Å². The van der Waals surface area contributed by atoms with Crippen molar-refractivity contribution in [3.63, 3.8) is 0 Å². The highest BCUT2D eigenvalue weighted by Crippen LogP contribution is 2.36. The fraction of sp³-hybridized carbons (Fsp3) is 0.348. The summed E-state index contributed by atoms with van der Waals surface area (Å²) in [4.78, 5) is 39.5. The van der Waals surface area contributed by atoms with Crippen LogP contribution in [0.1, 0.15) is 30.1 Å². The van der Waals surface area contributed by atoms with E-state index >= 15 is 0 Å². The van der Waals surface area contributed by atoms with Crippen molar-refractivity contribution in [2.75, 3.05) is 37.5 Å². The highest BCUT2D eigenvalue weighted by molar-refractivity contribution is 6.07. The quantitative estimate of drug-likeness (QED) is 0.678. The monoisotopic (exact) mass is 425 g/mol. The molecule has 1 fully saturated rings. The second-order valence-electron chi connectivity index (χ2n) is 7.23. The van der Waals surface area contributed by atoms with Crippen molar-refractivity contribution in [3.8, 4) is 11.5 Å². The van der Waals surface area contributed by atoms with Crippen molar-refractivity contribution in [1.29, 1.82) is 0 Å². The van der Waals surface area contributed by atoms with Crippen LogP contribution in [0.25, 0.3) is 0 Å². The number of methoxy groups -OCH3 is 2. The Labute approximate surface area is 181 Å². The van der Waals surface area contributed by atoms with E-state index in [-0.39, 0.29) is 30.7 Å². The lowest BCUT2D eigenvalue weighted by molar-refractivity contribution is -0.122. The standard InChI is InChI=1S/C23H27N3O5/c1-4-11-24-23(29)17-7-5-6-8-18(17)25-22(28)15-12-21(27)26(14-15)19-10-9-16(30-2)13-20(19)31-3/h5-10,13,15H,4,11-12,14H2,1-3H3,(H,24,29)(H,25,28). The Morgan fingerprint density at radius 3 is 2.61 bits per heavy atom. The largest absolute Gasteiger partial charge is 0.497 e. The molecule has 0 bridgehead atoms. The van der Waals surface area contributed by atoms with Crippen LogP contribution in [0, 0.1) is 5.92 Å². The number of hydrogen-bond acceptors (Lipinski definition) is 5. The number of rotatable bonds is 8. The molecular weight excluding hydrogens is 398 g/mol. The van der Waals surface area contributed by atoms with Crippen molar-refractivity contribution in [2.24, 2.45) is 5.92 Å². The van der Waals surface area contributed by atoms with Crippen LogP contribution in [0.4, 0.5) is 11.4 Å². The lowest BCUT2D eigenvalue weighted by atomic mass is 10.1. The van der Waals surface area contributed by atoms with Gasteiger partial charge in [-0.25, -0.2) is 0 Å². The summed E-state index contributed by atoms with van der Waals surface area (Å²) in [5, 5.41) is 5.63. The van der Waals surface area contributed by atoms with Gasteiger partial charge in [0.1, 0.15) is 11.5 Å². The molecular formula is C23H27N3O5. The summed E-state index contributed by atoms with van der Waals surface area (Å²) in [6.07, 6.45) is 0.889. The second-order valence-corrected chi connectivity index (χ2v) is 7.23. The molecule has 2 N–H and O–H groups in total. The van der Waals surface area contributed by atoms with E-state index < -0.39 is 5.92 Å². The van der Waals surface area contributed by atoms with Gasteiger partial charge in [-0.3, -0.25) is 14.4 Å². The Balaban J connectivity index is 1.74. The number of nitrogens with zero attached hydrogens (tertiary/aromatic N) is 1. The van der Waals surface area contributed by atoms with Gasteiger partial charge in [0, 0.05) is 25.6 Å². The zero-order valence-electron chi connectivity index (χ0n) is 17.9. The smallest absolute Gasteiger partial charge is 0.253 e. The molecule has 0 aliphatic carbocycles. The van der Waals surface area contributed by atoms with E-state index in [1.807, 2.05) is 6.92 Å². The van der Waals surface area contributed by atoms with Gasteiger partial charge in [-0.1, -0.05) is 19.1 Å². The van der Waals surface area contributed by atoms with Gasteiger partial charge in [0.05, 0.1) is 37.1 Å². The van der Waals surface area contributed by atoms with Gasteiger partial charge in [-0.2, -0.15) is 0 Å². The molecule has 1 atom stereocenters. The third-order valence-electron chi connectivity index (χ3n) is 5.14. The number of anilines is 2. The Bertz CT molecular complexity index is 975. The zero-order chi connectivity index (χ0) is 22.4. The van der Waals surface area contributed by atoms with Crippen LogP contribution in [0.15, 0.2) is 42.5 Å². The lowest BCUT2D eigenvalue weighted by Gasteiger charge is -2.20. The molecule has 164 valence electrons. The normalized spacial score (nSPS) is 15.5. The molecule has 3 rings (SSSR count). The number of para-hydroxylation sites is 1. The molecule has 2 aromatic carbocycles.